The van der Waals surface area contributed by atoms with Gasteiger partial charge in [0.05, 0.1) is 24.1 Å². The average Bonchev–Trinajstić information content (AvgIpc) is 3.50. The van der Waals surface area contributed by atoms with Crippen LogP contribution in [0.3, 0.4) is 0 Å². The Labute approximate surface area is 272 Å². The molecule has 4 rings (SSSR count). The zero-order valence-electron chi connectivity index (χ0n) is 27.0. The summed E-state index contributed by atoms with van der Waals surface area (Å²) in [5, 5.41) is 2.60. The summed E-state index contributed by atoms with van der Waals surface area (Å²) in [5.41, 5.74) is 2.69. The summed E-state index contributed by atoms with van der Waals surface area (Å²) in [6.07, 6.45) is 3.05. The molecular formula is C36H38FN3O7. The molecule has 246 valence electrons. The van der Waals surface area contributed by atoms with Crippen LogP contribution in [0.2, 0.25) is 0 Å². The standard InChI is InChI=1S/C36H38FN3O7/c1-22-7-6-8-23(15-22)16-26(41)17-24-9-10-27(19-29(24)37)46-28-13-14-38-32(20-28)31-18-25(21-39-31)34(43)40-30(35(44)45-5)11-12-33(42)47-36(2,3)4/h6-10,13-15,18-21,30,39H,11-12,16-17H2,1-5H3,(H,40,43)/t30-/m0/s1. The second-order valence-electron chi connectivity index (χ2n) is 12.1. The Morgan fingerprint density at radius 1 is 0.979 bits per heavy atom. The Morgan fingerprint density at radius 3 is 2.45 bits per heavy atom. The van der Waals surface area contributed by atoms with Gasteiger partial charge in [-0.05, 0) is 63.4 Å². The summed E-state index contributed by atoms with van der Waals surface area (Å²) in [5.74, 6) is -1.80. The van der Waals surface area contributed by atoms with Crippen molar-refractivity contribution in [2.75, 3.05) is 7.11 Å². The monoisotopic (exact) mass is 643 g/mol. The lowest BCUT2D eigenvalue weighted by atomic mass is 10.0. The molecule has 0 unspecified atom stereocenters. The molecule has 1 atom stereocenters. The van der Waals surface area contributed by atoms with Gasteiger partial charge in [-0.2, -0.15) is 0 Å². The first kappa shape index (κ1) is 34.6. The first-order valence-corrected chi connectivity index (χ1v) is 15.1. The van der Waals surface area contributed by atoms with E-state index in [1.54, 1.807) is 45.0 Å². The van der Waals surface area contributed by atoms with Crippen LogP contribution in [0.4, 0.5) is 4.39 Å². The number of carbonyl (C=O) groups excluding carboxylic acids is 4. The van der Waals surface area contributed by atoms with Crippen LogP contribution in [0.25, 0.3) is 11.4 Å². The molecule has 0 spiro atoms. The number of hydrogen-bond acceptors (Lipinski definition) is 8. The molecule has 0 saturated heterocycles. The molecule has 0 aliphatic rings. The predicted molar refractivity (Wildman–Crippen MR) is 172 cm³/mol. The number of aryl methyl sites for hydroxylation is 1. The number of hydrogen-bond donors (Lipinski definition) is 2. The number of nitrogens with one attached hydrogen (secondary N) is 2. The molecule has 0 aliphatic heterocycles. The lowest BCUT2D eigenvalue weighted by Crippen LogP contribution is -2.42. The molecule has 0 radical (unpaired) electrons. The number of nitrogens with zero attached hydrogens (tertiary/aromatic N) is 1. The number of benzene rings is 2. The minimum absolute atomic E-state index is 0.00314. The molecule has 1 amide bonds. The summed E-state index contributed by atoms with van der Waals surface area (Å²) in [6, 6.07) is 15.7. The number of ether oxygens (including phenoxy) is 3. The van der Waals surface area contributed by atoms with Gasteiger partial charge in [-0.25, -0.2) is 9.18 Å². The van der Waals surface area contributed by atoms with Gasteiger partial charge in [-0.3, -0.25) is 19.4 Å². The van der Waals surface area contributed by atoms with Crippen LogP contribution in [-0.2, 0) is 36.7 Å². The van der Waals surface area contributed by atoms with E-state index in [0.717, 1.165) is 11.1 Å². The zero-order valence-corrected chi connectivity index (χ0v) is 27.0. The third-order valence-corrected chi connectivity index (χ3v) is 6.93. The highest BCUT2D eigenvalue weighted by Crippen LogP contribution is 2.27. The van der Waals surface area contributed by atoms with Crippen LogP contribution in [0.5, 0.6) is 11.5 Å². The van der Waals surface area contributed by atoms with E-state index >= 15 is 0 Å². The molecule has 2 aromatic heterocycles. The molecular weight excluding hydrogens is 605 g/mol. The maximum absolute atomic E-state index is 14.9. The molecule has 47 heavy (non-hydrogen) atoms. The van der Waals surface area contributed by atoms with E-state index < -0.39 is 35.3 Å². The van der Waals surface area contributed by atoms with Crippen LogP contribution in [0, 0.1) is 12.7 Å². The van der Waals surface area contributed by atoms with Crippen molar-refractivity contribution >= 4 is 23.6 Å². The molecule has 0 fully saturated rings. The van der Waals surface area contributed by atoms with Gasteiger partial charge in [-0.15, -0.1) is 0 Å². The number of esters is 2. The van der Waals surface area contributed by atoms with Gasteiger partial charge in [-0.1, -0.05) is 35.9 Å². The Balaban J connectivity index is 1.38. The highest BCUT2D eigenvalue weighted by Gasteiger charge is 2.25. The Morgan fingerprint density at radius 2 is 1.74 bits per heavy atom. The van der Waals surface area contributed by atoms with Crippen molar-refractivity contribution in [2.24, 2.45) is 0 Å². The van der Waals surface area contributed by atoms with Gasteiger partial charge >= 0.3 is 11.9 Å². The highest BCUT2D eigenvalue weighted by atomic mass is 19.1. The van der Waals surface area contributed by atoms with Crippen LogP contribution in [-0.4, -0.2) is 52.3 Å². The maximum Gasteiger partial charge on any atom is 0.328 e. The lowest BCUT2D eigenvalue weighted by molar-refractivity contribution is -0.155. The Bertz CT molecular complexity index is 1760. The Hall–Kier alpha value is -5.32. The van der Waals surface area contributed by atoms with Crippen molar-refractivity contribution in [2.45, 2.75) is 65.0 Å². The van der Waals surface area contributed by atoms with Gasteiger partial charge < -0.3 is 24.5 Å². The SMILES string of the molecule is COC(=O)[C@H](CCC(=O)OC(C)(C)C)NC(=O)c1c[nH]c(-c2cc(Oc3ccc(CC(=O)Cc4cccc(C)c4)c(F)c3)ccn2)c1. The van der Waals surface area contributed by atoms with Crippen LogP contribution in [0.15, 0.2) is 73.1 Å². The van der Waals surface area contributed by atoms with Crippen molar-refractivity contribution in [1.82, 2.24) is 15.3 Å². The molecule has 0 aliphatic carbocycles. The smallest absolute Gasteiger partial charge is 0.328 e. The van der Waals surface area contributed by atoms with Gasteiger partial charge in [0.25, 0.3) is 5.91 Å². The van der Waals surface area contributed by atoms with Crippen LogP contribution < -0.4 is 10.1 Å². The maximum atomic E-state index is 14.9. The minimum Gasteiger partial charge on any atom is -0.467 e. The van der Waals surface area contributed by atoms with E-state index in [4.69, 9.17) is 14.2 Å². The molecule has 2 aromatic carbocycles. The van der Waals surface area contributed by atoms with Crippen molar-refractivity contribution in [1.29, 1.82) is 0 Å². The summed E-state index contributed by atoms with van der Waals surface area (Å²) >= 11 is 0. The number of pyridine rings is 1. The van der Waals surface area contributed by atoms with Gasteiger partial charge in [0.2, 0.25) is 0 Å². The van der Waals surface area contributed by atoms with E-state index in [-0.39, 0.29) is 48.3 Å². The molecule has 4 aromatic rings. The third kappa shape index (κ3) is 10.4. The van der Waals surface area contributed by atoms with Crippen molar-refractivity contribution < 1.29 is 37.8 Å². The normalized spacial score (nSPS) is 11.8. The quantitative estimate of drug-likeness (QED) is 0.168. The lowest BCUT2D eigenvalue weighted by Gasteiger charge is -2.21. The van der Waals surface area contributed by atoms with Crippen molar-refractivity contribution in [3.05, 3.63) is 101 Å². The second-order valence-corrected chi connectivity index (χ2v) is 12.1. The largest absolute Gasteiger partial charge is 0.467 e. The summed E-state index contributed by atoms with van der Waals surface area (Å²) in [7, 11) is 1.20. The number of Topliss-reactive ketones (excluding diaryl/α,β-unsaturated/α-hetero) is 1. The van der Waals surface area contributed by atoms with E-state index in [0.29, 0.717) is 17.1 Å². The topological polar surface area (TPSA) is 137 Å². The average molecular weight is 644 g/mol. The predicted octanol–water partition coefficient (Wildman–Crippen LogP) is 6.06. The molecule has 2 heterocycles. The number of methoxy groups -OCH3 is 1. The number of rotatable bonds is 13. The van der Waals surface area contributed by atoms with Crippen LogP contribution >= 0.6 is 0 Å². The first-order valence-electron chi connectivity index (χ1n) is 15.1. The summed E-state index contributed by atoms with van der Waals surface area (Å²) in [4.78, 5) is 57.3. The molecule has 11 heteroatoms. The van der Waals surface area contributed by atoms with Crippen molar-refractivity contribution in [3.8, 4) is 22.9 Å². The number of carbonyl (C=O) groups is 4. The molecule has 10 nitrogen and oxygen atoms in total. The fourth-order valence-electron chi connectivity index (χ4n) is 4.78. The van der Waals surface area contributed by atoms with Crippen molar-refractivity contribution in [3.63, 3.8) is 0 Å². The minimum atomic E-state index is -1.06. The number of amides is 1. The Kier molecular flexibility index (Phi) is 11.3. The zero-order chi connectivity index (χ0) is 34.1. The van der Waals surface area contributed by atoms with E-state index in [1.165, 1.54) is 31.6 Å². The first-order chi connectivity index (χ1) is 22.3. The number of halogens is 1. The number of H-pyrrole nitrogens is 1. The highest BCUT2D eigenvalue weighted by molar-refractivity contribution is 5.97. The molecule has 0 saturated carbocycles. The van der Waals surface area contributed by atoms with E-state index in [9.17, 15) is 23.6 Å². The van der Waals surface area contributed by atoms with Gasteiger partial charge in [0.1, 0.15) is 34.7 Å². The van der Waals surface area contributed by atoms with Gasteiger partial charge in [0.15, 0.2) is 0 Å². The molecule has 0 bridgehead atoms. The van der Waals surface area contributed by atoms with Gasteiger partial charge in [0, 0.05) is 43.8 Å². The summed E-state index contributed by atoms with van der Waals surface area (Å²) < 4.78 is 30.9. The van der Waals surface area contributed by atoms with E-state index in [1.807, 2.05) is 31.2 Å². The number of aromatic amines is 1. The second kappa shape index (κ2) is 15.3. The molecule has 2 N–H and O–H groups in total. The fourth-order valence-corrected chi connectivity index (χ4v) is 4.78. The number of ketones is 1. The third-order valence-electron chi connectivity index (χ3n) is 6.93. The fraction of sp³-hybridized carbons (Fsp3) is 0.306. The summed E-state index contributed by atoms with van der Waals surface area (Å²) in [6.45, 7) is 7.17. The van der Waals surface area contributed by atoms with Crippen LogP contribution in [0.1, 0.15) is 60.7 Å². The number of aromatic nitrogens is 2. The van der Waals surface area contributed by atoms with E-state index in [2.05, 4.69) is 15.3 Å².